The molecule has 3 N–H and O–H groups in total. The van der Waals surface area contributed by atoms with Crippen LogP contribution in [0.15, 0.2) is 0 Å². The van der Waals surface area contributed by atoms with Crippen LogP contribution < -0.4 is 15.8 Å². The summed E-state index contributed by atoms with van der Waals surface area (Å²) in [5.41, 5.74) is 6.39. The molecular weight excluding hydrogens is 246 g/mol. The molecule has 0 amide bonds. The van der Waals surface area contributed by atoms with E-state index in [4.69, 9.17) is 15.2 Å². The first-order valence-electron chi connectivity index (χ1n) is 6.43. The Morgan fingerprint density at radius 2 is 2.11 bits per heavy atom. The van der Waals surface area contributed by atoms with E-state index in [1.54, 1.807) is 7.11 Å². The number of aromatic nitrogens is 2. The average molecular weight is 267 g/mol. The minimum atomic E-state index is 0.418. The number of anilines is 2. The maximum Gasteiger partial charge on any atom is 0.242 e. The van der Waals surface area contributed by atoms with Gasteiger partial charge in [0.15, 0.2) is 5.82 Å². The molecule has 1 aromatic heterocycles. The molecule has 0 atom stereocenters. The predicted molar refractivity (Wildman–Crippen MR) is 73.5 cm³/mol. The Morgan fingerprint density at radius 1 is 1.37 bits per heavy atom. The van der Waals surface area contributed by atoms with E-state index in [9.17, 15) is 0 Å². The van der Waals surface area contributed by atoms with E-state index in [1.807, 2.05) is 6.92 Å². The smallest absolute Gasteiger partial charge is 0.242 e. The highest BCUT2D eigenvalue weighted by atomic mass is 16.5. The Morgan fingerprint density at radius 3 is 2.79 bits per heavy atom. The summed E-state index contributed by atoms with van der Waals surface area (Å²) in [7, 11) is 1.55. The van der Waals surface area contributed by atoms with E-state index < -0.39 is 0 Å². The van der Waals surface area contributed by atoms with Gasteiger partial charge in [-0.25, -0.2) is 4.98 Å². The Kier molecular flexibility index (Phi) is 4.75. The number of nitrogens with zero attached hydrogens (tertiary/aromatic N) is 3. The molecule has 106 valence electrons. The van der Waals surface area contributed by atoms with Crippen LogP contribution in [0.1, 0.15) is 5.82 Å². The van der Waals surface area contributed by atoms with Crippen LogP contribution in [0.5, 0.6) is 5.88 Å². The molecule has 0 aliphatic carbocycles. The van der Waals surface area contributed by atoms with Crippen molar-refractivity contribution < 1.29 is 9.47 Å². The van der Waals surface area contributed by atoms with Crippen molar-refractivity contribution in [3.8, 4) is 5.88 Å². The van der Waals surface area contributed by atoms with Crippen LogP contribution in [0.4, 0.5) is 11.5 Å². The van der Waals surface area contributed by atoms with Gasteiger partial charge in [0.1, 0.15) is 11.5 Å². The molecular formula is C12H21N5O2. The molecule has 19 heavy (non-hydrogen) atoms. The quantitative estimate of drug-likeness (QED) is 0.783. The van der Waals surface area contributed by atoms with Crippen LogP contribution in [0.25, 0.3) is 0 Å². The van der Waals surface area contributed by atoms with Crippen molar-refractivity contribution in [3.05, 3.63) is 5.82 Å². The summed E-state index contributed by atoms with van der Waals surface area (Å²) >= 11 is 0. The lowest BCUT2D eigenvalue weighted by molar-refractivity contribution is 0.0398. The first-order valence-corrected chi connectivity index (χ1v) is 6.43. The maximum absolute atomic E-state index is 5.94. The summed E-state index contributed by atoms with van der Waals surface area (Å²) in [6.07, 6.45) is 0. The van der Waals surface area contributed by atoms with Crippen LogP contribution in [0, 0.1) is 6.92 Å². The summed E-state index contributed by atoms with van der Waals surface area (Å²) in [6, 6.07) is 0. The zero-order valence-electron chi connectivity index (χ0n) is 11.5. The number of nitrogens with two attached hydrogens (primary N) is 1. The van der Waals surface area contributed by atoms with Gasteiger partial charge < -0.3 is 20.5 Å². The fourth-order valence-electron chi connectivity index (χ4n) is 2.00. The number of hydrogen-bond donors (Lipinski definition) is 2. The second kappa shape index (κ2) is 6.53. The van der Waals surface area contributed by atoms with Crippen molar-refractivity contribution >= 4 is 11.5 Å². The van der Waals surface area contributed by atoms with E-state index >= 15 is 0 Å². The standard InChI is InChI=1S/C12H21N5O2/c1-9-15-11(10(13)12(16-9)18-2)14-3-4-17-5-7-19-8-6-17/h3-8,13H2,1-2H3,(H,14,15,16). The van der Waals surface area contributed by atoms with Crippen LogP contribution >= 0.6 is 0 Å². The highest BCUT2D eigenvalue weighted by Gasteiger charge is 2.12. The molecule has 0 bridgehead atoms. The Hall–Kier alpha value is -1.60. The molecule has 0 spiro atoms. The SMILES string of the molecule is COc1nc(C)nc(NCCN2CCOCC2)c1N. The molecule has 0 radical (unpaired) electrons. The zero-order valence-corrected chi connectivity index (χ0v) is 11.5. The number of morpholine rings is 1. The molecule has 1 fully saturated rings. The molecule has 0 unspecified atom stereocenters. The Labute approximate surface area is 113 Å². The maximum atomic E-state index is 5.94. The van der Waals surface area contributed by atoms with Crippen LogP contribution in [-0.4, -0.2) is 61.4 Å². The molecule has 0 saturated carbocycles. The predicted octanol–water partition coefficient (Wildman–Crippen LogP) is 0.120. The lowest BCUT2D eigenvalue weighted by atomic mass is 10.4. The monoisotopic (exact) mass is 267 g/mol. The van der Waals surface area contributed by atoms with Gasteiger partial charge in [0, 0.05) is 26.2 Å². The van der Waals surface area contributed by atoms with Crippen molar-refractivity contribution in [2.24, 2.45) is 0 Å². The van der Waals surface area contributed by atoms with Gasteiger partial charge >= 0.3 is 0 Å². The zero-order chi connectivity index (χ0) is 13.7. The number of nitrogen functional groups attached to an aromatic ring is 1. The minimum Gasteiger partial charge on any atom is -0.479 e. The van der Waals surface area contributed by atoms with Crippen LogP contribution in [0.2, 0.25) is 0 Å². The number of rotatable bonds is 5. The van der Waals surface area contributed by atoms with Gasteiger partial charge in [0.25, 0.3) is 0 Å². The van der Waals surface area contributed by atoms with Crippen LogP contribution in [-0.2, 0) is 4.74 Å². The normalized spacial score (nSPS) is 16.3. The van der Waals surface area contributed by atoms with Gasteiger partial charge in [-0.1, -0.05) is 0 Å². The topological polar surface area (TPSA) is 85.5 Å². The number of nitrogens with one attached hydrogen (secondary N) is 1. The van der Waals surface area contributed by atoms with E-state index in [1.165, 1.54) is 0 Å². The second-order valence-electron chi connectivity index (χ2n) is 4.42. The van der Waals surface area contributed by atoms with E-state index in [0.717, 1.165) is 39.4 Å². The molecule has 7 nitrogen and oxygen atoms in total. The molecule has 2 heterocycles. The summed E-state index contributed by atoms with van der Waals surface area (Å²) in [6.45, 7) is 7.10. The molecule has 7 heteroatoms. The van der Waals surface area contributed by atoms with Crippen molar-refractivity contribution in [1.82, 2.24) is 14.9 Å². The molecule has 1 aromatic rings. The first kappa shape index (κ1) is 13.8. The third-order valence-corrected chi connectivity index (χ3v) is 3.04. The number of ether oxygens (including phenoxy) is 2. The van der Waals surface area contributed by atoms with E-state index in [-0.39, 0.29) is 0 Å². The third kappa shape index (κ3) is 3.68. The average Bonchev–Trinajstić information content (AvgIpc) is 2.43. The molecule has 0 aromatic carbocycles. The first-order chi connectivity index (χ1) is 9.20. The number of aryl methyl sites for hydroxylation is 1. The second-order valence-corrected chi connectivity index (χ2v) is 4.42. The number of hydrogen-bond acceptors (Lipinski definition) is 7. The van der Waals surface area contributed by atoms with Gasteiger partial charge in [0.2, 0.25) is 5.88 Å². The highest BCUT2D eigenvalue weighted by molar-refractivity contribution is 5.66. The van der Waals surface area contributed by atoms with Crippen molar-refractivity contribution in [3.63, 3.8) is 0 Å². The summed E-state index contributed by atoms with van der Waals surface area (Å²) < 4.78 is 10.4. The van der Waals surface area contributed by atoms with Crippen molar-refractivity contribution in [1.29, 1.82) is 0 Å². The lowest BCUT2D eigenvalue weighted by Crippen LogP contribution is -2.39. The van der Waals surface area contributed by atoms with Gasteiger partial charge in [0.05, 0.1) is 20.3 Å². The highest BCUT2D eigenvalue weighted by Crippen LogP contribution is 2.25. The summed E-state index contributed by atoms with van der Waals surface area (Å²) in [4.78, 5) is 10.8. The fraction of sp³-hybridized carbons (Fsp3) is 0.667. The molecule has 1 aliphatic rings. The van der Waals surface area contributed by atoms with E-state index in [0.29, 0.717) is 23.2 Å². The van der Waals surface area contributed by atoms with Gasteiger partial charge in [-0.2, -0.15) is 4.98 Å². The lowest BCUT2D eigenvalue weighted by Gasteiger charge is -2.26. The van der Waals surface area contributed by atoms with Gasteiger partial charge in [-0.15, -0.1) is 0 Å². The van der Waals surface area contributed by atoms with Crippen molar-refractivity contribution in [2.45, 2.75) is 6.92 Å². The minimum absolute atomic E-state index is 0.418. The third-order valence-electron chi connectivity index (χ3n) is 3.04. The molecule has 1 aliphatic heterocycles. The van der Waals surface area contributed by atoms with Crippen molar-refractivity contribution in [2.75, 3.05) is 57.6 Å². The largest absolute Gasteiger partial charge is 0.479 e. The van der Waals surface area contributed by atoms with E-state index in [2.05, 4.69) is 20.2 Å². The number of methoxy groups -OCH3 is 1. The Balaban J connectivity index is 1.89. The van der Waals surface area contributed by atoms with Gasteiger partial charge in [-0.3, -0.25) is 4.90 Å². The Bertz CT molecular complexity index is 421. The summed E-state index contributed by atoms with van der Waals surface area (Å²) in [5.74, 6) is 1.69. The van der Waals surface area contributed by atoms with Crippen LogP contribution in [0.3, 0.4) is 0 Å². The fourth-order valence-corrected chi connectivity index (χ4v) is 2.00. The molecule has 1 saturated heterocycles. The summed E-state index contributed by atoms with van der Waals surface area (Å²) in [5, 5.41) is 3.24. The van der Waals surface area contributed by atoms with Gasteiger partial charge in [-0.05, 0) is 6.92 Å². The molecule has 2 rings (SSSR count).